The minimum Gasteiger partial charge on any atom is -0.384 e. The topological polar surface area (TPSA) is 36.0 Å². The molecule has 1 atom stereocenters. The fraction of sp³-hybridized carbons (Fsp3) is 0.231. The van der Waals surface area contributed by atoms with Crippen LogP contribution in [-0.4, -0.2) is 10.1 Å². The van der Waals surface area contributed by atoms with Gasteiger partial charge in [-0.25, -0.2) is 0 Å². The summed E-state index contributed by atoms with van der Waals surface area (Å²) in [6.07, 6.45) is 3.12. The molecule has 0 bridgehead atoms. The highest BCUT2D eigenvalue weighted by atomic mass is 16.3. The summed E-state index contributed by atoms with van der Waals surface area (Å²) in [6, 6.07) is 7.91. The first-order valence-electron chi connectivity index (χ1n) is 5.07. The first-order valence-corrected chi connectivity index (χ1v) is 5.07. The third-order valence-electron chi connectivity index (χ3n) is 2.88. The van der Waals surface area contributed by atoms with Gasteiger partial charge in [0.05, 0.1) is 0 Å². The zero-order valence-corrected chi connectivity index (χ0v) is 8.99. The molecule has 2 aromatic rings. The molecule has 0 amide bonds. The Bertz CT molecular complexity index is 446. The molecule has 2 N–H and O–H groups in total. The van der Waals surface area contributed by atoms with Crippen LogP contribution in [0.1, 0.15) is 28.4 Å². The Morgan fingerprint density at radius 3 is 2.67 bits per heavy atom. The zero-order valence-electron chi connectivity index (χ0n) is 8.99. The summed E-state index contributed by atoms with van der Waals surface area (Å²) in [6.45, 7) is 4.10. The lowest BCUT2D eigenvalue weighted by Crippen LogP contribution is -2.01. The maximum atomic E-state index is 10.2. The third-order valence-corrected chi connectivity index (χ3v) is 2.88. The second kappa shape index (κ2) is 3.91. The Balaban J connectivity index is 2.42. The van der Waals surface area contributed by atoms with Gasteiger partial charge in [-0.15, -0.1) is 0 Å². The van der Waals surface area contributed by atoms with E-state index < -0.39 is 6.10 Å². The Labute approximate surface area is 89.6 Å². The maximum Gasteiger partial charge on any atom is 0.106 e. The number of aromatic amines is 1. The van der Waals surface area contributed by atoms with Gasteiger partial charge in [0.2, 0.25) is 0 Å². The molecule has 0 aliphatic rings. The molecule has 1 unspecified atom stereocenters. The summed E-state index contributed by atoms with van der Waals surface area (Å²) in [5.41, 5.74) is 4.26. The summed E-state index contributed by atoms with van der Waals surface area (Å²) < 4.78 is 0. The van der Waals surface area contributed by atoms with Crippen molar-refractivity contribution in [1.29, 1.82) is 0 Å². The lowest BCUT2D eigenvalue weighted by molar-refractivity contribution is 0.219. The summed E-state index contributed by atoms with van der Waals surface area (Å²) in [4.78, 5) is 2.95. The van der Waals surface area contributed by atoms with Crippen molar-refractivity contribution in [1.82, 2.24) is 4.98 Å². The number of rotatable bonds is 2. The molecule has 0 saturated heterocycles. The van der Waals surface area contributed by atoms with E-state index in [0.29, 0.717) is 0 Å². The first kappa shape index (κ1) is 9.99. The van der Waals surface area contributed by atoms with E-state index >= 15 is 0 Å². The van der Waals surface area contributed by atoms with E-state index in [1.807, 2.05) is 37.5 Å². The van der Waals surface area contributed by atoms with Gasteiger partial charge in [0.15, 0.2) is 0 Å². The monoisotopic (exact) mass is 201 g/mol. The molecule has 0 fully saturated rings. The molecule has 78 valence electrons. The molecular formula is C13H15NO. The van der Waals surface area contributed by atoms with Gasteiger partial charge in [-0.3, -0.25) is 0 Å². The molecule has 0 spiro atoms. The van der Waals surface area contributed by atoms with E-state index in [-0.39, 0.29) is 0 Å². The van der Waals surface area contributed by atoms with Crippen LogP contribution in [0, 0.1) is 13.8 Å². The Morgan fingerprint density at radius 1 is 1.20 bits per heavy atom. The number of aliphatic hydroxyl groups is 1. The highest BCUT2D eigenvalue weighted by Crippen LogP contribution is 2.25. The van der Waals surface area contributed by atoms with Crippen LogP contribution < -0.4 is 0 Å². The van der Waals surface area contributed by atoms with Crippen molar-refractivity contribution in [3.63, 3.8) is 0 Å². The zero-order chi connectivity index (χ0) is 10.8. The molecule has 0 radical (unpaired) electrons. The number of H-pyrrole nitrogens is 1. The van der Waals surface area contributed by atoms with Crippen LogP contribution in [0.25, 0.3) is 0 Å². The Kier molecular flexibility index (Phi) is 2.60. The molecule has 1 aromatic carbocycles. The van der Waals surface area contributed by atoms with E-state index in [9.17, 15) is 5.11 Å². The maximum absolute atomic E-state index is 10.2. The molecular weight excluding hydrogens is 186 g/mol. The molecule has 2 heteroatoms. The number of hydrogen-bond donors (Lipinski definition) is 2. The average Bonchev–Trinajstić information content (AvgIpc) is 2.74. The average molecular weight is 201 g/mol. The van der Waals surface area contributed by atoms with Crippen molar-refractivity contribution in [3.05, 3.63) is 58.9 Å². The molecule has 0 saturated carbocycles. The van der Waals surface area contributed by atoms with Crippen molar-refractivity contribution in [2.75, 3.05) is 0 Å². The first-order chi connectivity index (χ1) is 7.20. The lowest BCUT2D eigenvalue weighted by Gasteiger charge is -2.13. The highest BCUT2D eigenvalue weighted by Gasteiger charge is 2.13. The molecule has 1 heterocycles. The largest absolute Gasteiger partial charge is 0.384 e. The van der Waals surface area contributed by atoms with Gasteiger partial charge >= 0.3 is 0 Å². The molecule has 2 nitrogen and oxygen atoms in total. The van der Waals surface area contributed by atoms with Crippen molar-refractivity contribution < 1.29 is 5.11 Å². The quantitative estimate of drug-likeness (QED) is 0.770. The summed E-state index contributed by atoms with van der Waals surface area (Å²) >= 11 is 0. The standard InChI is InChI=1S/C13H15NO/c1-9-4-3-5-12(10(9)2)13(15)11-6-7-14-8-11/h3-8,13-15H,1-2H3. The number of hydrogen-bond acceptors (Lipinski definition) is 1. The van der Waals surface area contributed by atoms with Crippen LogP contribution in [0.5, 0.6) is 0 Å². The Morgan fingerprint density at radius 2 is 2.00 bits per heavy atom. The lowest BCUT2D eigenvalue weighted by atomic mass is 9.96. The Hall–Kier alpha value is -1.54. The molecule has 1 aromatic heterocycles. The second-order valence-corrected chi connectivity index (χ2v) is 3.84. The molecule has 0 aliphatic carbocycles. The van der Waals surface area contributed by atoms with E-state index in [4.69, 9.17) is 0 Å². The van der Waals surface area contributed by atoms with E-state index in [1.165, 1.54) is 5.56 Å². The SMILES string of the molecule is Cc1cccc(C(O)c2cc[nH]c2)c1C. The van der Waals surface area contributed by atoms with Gasteiger partial charge in [0, 0.05) is 18.0 Å². The van der Waals surface area contributed by atoms with Crippen molar-refractivity contribution in [2.45, 2.75) is 20.0 Å². The minimum atomic E-state index is -0.531. The summed E-state index contributed by atoms with van der Waals surface area (Å²) in [5, 5.41) is 10.2. The van der Waals surface area contributed by atoms with E-state index in [0.717, 1.165) is 16.7 Å². The second-order valence-electron chi connectivity index (χ2n) is 3.84. The minimum absolute atomic E-state index is 0.531. The predicted octanol–water partition coefficient (Wildman–Crippen LogP) is 2.71. The van der Waals surface area contributed by atoms with Gasteiger partial charge in [-0.2, -0.15) is 0 Å². The van der Waals surface area contributed by atoms with Gasteiger partial charge < -0.3 is 10.1 Å². The highest BCUT2D eigenvalue weighted by molar-refractivity contribution is 5.38. The molecule has 2 rings (SSSR count). The number of nitrogens with one attached hydrogen (secondary N) is 1. The fourth-order valence-corrected chi connectivity index (χ4v) is 1.76. The number of aliphatic hydroxyl groups excluding tert-OH is 1. The van der Waals surface area contributed by atoms with E-state index in [2.05, 4.69) is 18.0 Å². The van der Waals surface area contributed by atoms with Crippen molar-refractivity contribution >= 4 is 0 Å². The van der Waals surface area contributed by atoms with Crippen molar-refractivity contribution in [3.8, 4) is 0 Å². The van der Waals surface area contributed by atoms with Crippen molar-refractivity contribution in [2.24, 2.45) is 0 Å². The number of aromatic nitrogens is 1. The third kappa shape index (κ3) is 1.81. The van der Waals surface area contributed by atoms with Crippen LogP contribution in [0.4, 0.5) is 0 Å². The van der Waals surface area contributed by atoms with Crippen LogP contribution >= 0.6 is 0 Å². The van der Waals surface area contributed by atoms with Crippen LogP contribution in [-0.2, 0) is 0 Å². The molecule has 15 heavy (non-hydrogen) atoms. The fourth-order valence-electron chi connectivity index (χ4n) is 1.76. The summed E-state index contributed by atoms with van der Waals surface area (Å²) in [5.74, 6) is 0. The smallest absolute Gasteiger partial charge is 0.106 e. The van der Waals surface area contributed by atoms with Gasteiger partial charge in [0.1, 0.15) is 6.10 Å². The number of benzene rings is 1. The van der Waals surface area contributed by atoms with Crippen LogP contribution in [0.2, 0.25) is 0 Å². The van der Waals surface area contributed by atoms with Gasteiger partial charge in [0.25, 0.3) is 0 Å². The number of aryl methyl sites for hydroxylation is 1. The van der Waals surface area contributed by atoms with Crippen LogP contribution in [0.3, 0.4) is 0 Å². The summed E-state index contributed by atoms with van der Waals surface area (Å²) in [7, 11) is 0. The van der Waals surface area contributed by atoms with Crippen LogP contribution in [0.15, 0.2) is 36.7 Å². The van der Waals surface area contributed by atoms with Gasteiger partial charge in [-0.1, -0.05) is 18.2 Å². The predicted molar refractivity (Wildman–Crippen MR) is 60.8 cm³/mol. The van der Waals surface area contributed by atoms with Gasteiger partial charge in [-0.05, 0) is 36.6 Å². The van der Waals surface area contributed by atoms with E-state index in [1.54, 1.807) is 0 Å². The molecule has 0 aliphatic heterocycles. The normalized spacial score (nSPS) is 12.7.